The topological polar surface area (TPSA) is 160 Å². The molecule has 0 bridgehead atoms. The number of carboxylic acids is 2. The maximum atomic E-state index is 13.7. The van der Waals surface area contributed by atoms with E-state index in [1.54, 1.807) is 0 Å². The molecule has 2 rings (SSSR count). The van der Waals surface area contributed by atoms with Crippen molar-refractivity contribution < 1.29 is 70.1 Å². The van der Waals surface area contributed by atoms with E-state index in [9.17, 15) is 35.8 Å². The predicted octanol–water partition coefficient (Wildman–Crippen LogP) is 0.571. The number of ether oxygens (including phenoxy) is 1. The van der Waals surface area contributed by atoms with Gasteiger partial charge in [0.15, 0.2) is 0 Å². The molecule has 0 aromatic heterocycles. The third-order valence-corrected chi connectivity index (χ3v) is 3.32. The Morgan fingerprint density at radius 3 is 1.94 bits per heavy atom. The first-order chi connectivity index (χ1) is 14.6. The van der Waals surface area contributed by atoms with Gasteiger partial charge in [0.25, 0.3) is 0 Å². The van der Waals surface area contributed by atoms with Crippen LogP contribution in [0.5, 0.6) is 5.75 Å². The van der Waals surface area contributed by atoms with Crippen molar-refractivity contribution in [3.63, 3.8) is 0 Å². The highest BCUT2D eigenvalue weighted by Gasteiger charge is 2.40. The Bertz CT molecular complexity index is 751. The molecule has 0 radical (unpaired) electrons. The lowest BCUT2D eigenvalue weighted by Gasteiger charge is -2.12. The Balaban J connectivity index is 0.000000570. The number of aliphatic carboxylic acids is 2. The molecule has 1 atom stereocenters. The number of nitrogens with two attached hydrogens (primary N) is 1. The van der Waals surface area contributed by atoms with Gasteiger partial charge in [-0.15, -0.1) is 0 Å². The van der Waals surface area contributed by atoms with Gasteiger partial charge in [0, 0.05) is 30.6 Å². The third-order valence-electron chi connectivity index (χ3n) is 3.32. The van der Waals surface area contributed by atoms with Gasteiger partial charge in [-0.05, 0) is 12.1 Å². The fraction of sp³-hybridized carbons (Fsp3) is 0.467. The molecule has 0 spiro atoms. The minimum Gasteiger partial charge on any atom is -0.494 e. The van der Waals surface area contributed by atoms with Gasteiger partial charge in [-0.3, -0.25) is 0 Å². The molecule has 1 unspecified atom stereocenters. The Labute approximate surface area is 175 Å². The minimum atomic E-state index is -5.08. The zero-order valence-corrected chi connectivity index (χ0v) is 15.8. The highest BCUT2D eigenvalue weighted by Crippen LogP contribution is 2.29. The van der Waals surface area contributed by atoms with E-state index in [0.29, 0.717) is 17.6 Å². The fourth-order valence-electron chi connectivity index (χ4n) is 2.01. The van der Waals surface area contributed by atoms with Crippen LogP contribution in [0.1, 0.15) is 18.1 Å². The summed E-state index contributed by atoms with van der Waals surface area (Å²) in [5, 5.41) is 32.7. The summed E-state index contributed by atoms with van der Waals surface area (Å²) in [6.07, 6.45) is -10.4. The van der Waals surface area contributed by atoms with Gasteiger partial charge in [0.2, 0.25) is 0 Å². The predicted molar refractivity (Wildman–Crippen MR) is 91.5 cm³/mol. The smallest absolute Gasteiger partial charge is 0.494 e. The van der Waals surface area contributed by atoms with Crippen molar-refractivity contribution in [1.29, 1.82) is 0 Å². The van der Waals surface area contributed by atoms with Crippen LogP contribution in [0.25, 0.3) is 0 Å². The second-order valence-corrected chi connectivity index (χ2v) is 5.62. The summed E-state index contributed by atoms with van der Waals surface area (Å²) in [5.41, 5.74) is 6.03. The molecule has 0 saturated carbocycles. The van der Waals surface area contributed by atoms with Crippen LogP contribution in [-0.4, -0.2) is 71.5 Å². The zero-order chi connectivity index (χ0) is 25.3. The summed E-state index contributed by atoms with van der Waals surface area (Å²) in [4.78, 5) is 17.8. The highest BCUT2D eigenvalue weighted by molar-refractivity contribution is 6.62. The molecule has 0 amide bonds. The zero-order valence-electron chi connectivity index (χ0n) is 15.8. The Kier molecular flexibility index (Phi) is 11.4. The van der Waals surface area contributed by atoms with Crippen LogP contribution in [0.3, 0.4) is 0 Å². The molecule has 32 heavy (non-hydrogen) atoms. The van der Waals surface area contributed by atoms with E-state index < -0.39 is 43.3 Å². The number of rotatable bonds is 5. The molecule has 6 N–H and O–H groups in total. The van der Waals surface area contributed by atoms with Crippen molar-refractivity contribution >= 4 is 24.5 Å². The van der Waals surface area contributed by atoms with Gasteiger partial charge in [0.05, 0.1) is 12.7 Å². The monoisotopic (exact) mass is 483 g/mol. The SMILES string of the molecule is NCC1OB(O)c2c(OCCCO)ccc(F)c21.O=C(O)C(F)(F)F.O=C(O)C(F)(F)F. The summed E-state index contributed by atoms with van der Waals surface area (Å²) in [6, 6.07) is 2.70. The number of carbonyl (C=O) groups is 2. The van der Waals surface area contributed by atoms with Gasteiger partial charge in [-0.1, -0.05) is 0 Å². The number of aliphatic hydroxyl groups is 1. The molecule has 1 heterocycles. The Morgan fingerprint density at radius 1 is 1.09 bits per heavy atom. The molecule has 0 saturated heterocycles. The standard InChI is InChI=1S/C11H15BFNO4.2C2HF3O2/c13-7-2-3-8(17-5-1-4-15)11-10(7)9(6-14)18-12(11)16;2*3-2(4,5)1(6)7/h2-3,9,15-16H,1,4-6,14H2;2*(H,6,7). The highest BCUT2D eigenvalue weighted by atomic mass is 19.4. The summed E-state index contributed by atoms with van der Waals surface area (Å²) in [5.74, 6) is -5.62. The Hall–Kier alpha value is -2.63. The van der Waals surface area contributed by atoms with Crippen LogP contribution in [0.15, 0.2) is 12.1 Å². The fourth-order valence-corrected chi connectivity index (χ4v) is 2.01. The number of carboxylic acid groups (broad SMARTS) is 2. The molecule has 9 nitrogen and oxygen atoms in total. The maximum Gasteiger partial charge on any atom is 0.495 e. The minimum absolute atomic E-state index is 0.00780. The largest absolute Gasteiger partial charge is 0.495 e. The van der Waals surface area contributed by atoms with E-state index in [0.717, 1.165) is 0 Å². The lowest BCUT2D eigenvalue weighted by Crippen LogP contribution is -2.30. The molecule has 17 heteroatoms. The van der Waals surface area contributed by atoms with Crippen LogP contribution >= 0.6 is 0 Å². The van der Waals surface area contributed by atoms with Gasteiger partial charge >= 0.3 is 31.4 Å². The van der Waals surface area contributed by atoms with Crippen LogP contribution in [0, 0.1) is 5.82 Å². The molecule has 182 valence electrons. The van der Waals surface area contributed by atoms with Gasteiger partial charge in [0.1, 0.15) is 11.6 Å². The molecule has 1 aromatic rings. The normalized spacial score (nSPS) is 15.1. The molecule has 1 aliphatic rings. The number of hydrogen-bond donors (Lipinski definition) is 5. The van der Waals surface area contributed by atoms with Crippen molar-refractivity contribution in [3.8, 4) is 5.75 Å². The van der Waals surface area contributed by atoms with E-state index in [2.05, 4.69) is 0 Å². The van der Waals surface area contributed by atoms with Crippen LogP contribution in [0.4, 0.5) is 30.7 Å². The molecule has 0 fully saturated rings. The van der Waals surface area contributed by atoms with Crippen LogP contribution < -0.4 is 15.9 Å². The summed E-state index contributed by atoms with van der Waals surface area (Å²) < 4.78 is 87.8. The average Bonchev–Trinajstić information content (AvgIpc) is 3.01. The summed E-state index contributed by atoms with van der Waals surface area (Å²) in [7, 11) is -1.23. The molecular weight excluding hydrogens is 466 g/mol. The average molecular weight is 483 g/mol. The second kappa shape index (κ2) is 12.4. The third kappa shape index (κ3) is 9.25. The second-order valence-electron chi connectivity index (χ2n) is 5.62. The Morgan fingerprint density at radius 2 is 1.56 bits per heavy atom. The van der Waals surface area contributed by atoms with E-state index in [1.165, 1.54) is 12.1 Å². The van der Waals surface area contributed by atoms with Crippen molar-refractivity contribution in [2.75, 3.05) is 19.8 Å². The van der Waals surface area contributed by atoms with Gasteiger partial charge in [-0.2, -0.15) is 26.3 Å². The lowest BCUT2D eigenvalue weighted by molar-refractivity contribution is -0.193. The molecule has 1 aromatic carbocycles. The number of benzene rings is 1. The number of alkyl halides is 6. The van der Waals surface area contributed by atoms with Gasteiger partial charge < -0.3 is 35.5 Å². The summed E-state index contributed by atoms with van der Waals surface area (Å²) in [6.45, 7) is 0.378. The van der Waals surface area contributed by atoms with Gasteiger partial charge in [-0.25, -0.2) is 14.0 Å². The first-order valence-electron chi connectivity index (χ1n) is 8.27. The summed E-state index contributed by atoms with van der Waals surface area (Å²) >= 11 is 0. The van der Waals surface area contributed by atoms with Crippen molar-refractivity contribution in [3.05, 3.63) is 23.5 Å². The van der Waals surface area contributed by atoms with Crippen LogP contribution in [-0.2, 0) is 14.2 Å². The quantitative estimate of drug-likeness (QED) is 0.229. The number of hydrogen-bond acceptors (Lipinski definition) is 7. The van der Waals surface area contributed by atoms with Crippen molar-refractivity contribution in [2.45, 2.75) is 24.9 Å². The van der Waals surface area contributed by atoms with E-state index in [-0.39, 0.29) is 25.3 Å². The van der Waals surface area contributed by atoms with E-state index >= 15 is 0 Å². The first-order valence-corrected chi connectivity index (χ1v) is 8.27. The van der Waals surface area contributed by atoms with E-state index in [4.69, 9.17) is 40.0 Å². The maximum absolute atomic E-state index is 13.7. The lowest BCUT2D eigenvalue weighted by atomic mass is 9.78. The number of halogens is 7. The van der Waals surface area contributed by atoms with Crippen molar-refractivity contribution in [1.82, 2.24) is 0 Å². The molecular formula is C15H17BF7NO8. The molecule has 1 aliphatic heterocycles. The first kappa shape index (κ1) is 29.4. The van der Waals surface area contributed by atoms with Crippen molar-refractivity contribution in [2.24, 2.45) is 5.73 Å². The van der Waals surface area contributed by atoms with E-state index in [1.807, 2.05) is 0 Å². The number of aliphatic hydroxyl groups excluding tert-OH is 1. The number of fused-ring (bicyclic) bond motifs is 1. The molecule has 0 aliphatic carbocycles. The van der Waals surface area contributed by atoms with Crippen LogP contribution in [0.2, 0.25) is 0 Å².